The number of aromatic hydroxyl groups is 3. The van der Waals surface area contributed by atoms with Crippen molar-refractivity contribution >= 4 is 11.8 Å². The van der Waals surface area contributed by atoms with E-state index in [1.54, 1.807) is 0 Å². The molecule has 7 nitrogen and oxygen atoms in total. The Kier molecular flexibility index (Phi) is 5.77. The van der Waals surface area contributed by atoms with Crippen molar-refractivity contribution in [1.82, 2.24) is 9.80 Å². The van der Waals surface area contributed by atoms with Crippen LogP contribution in [0.2, 0.25) is 0 Å². The summed E-state index contributed by atoms with van der Waals surface area (Å²) in [7, 11) is 0. The highest BCUT2D eigenvalue weighted by atomic mass is 19.4. The molecule has 1 fully saturated rings. The Hall–Kier alpha value is -3.43. The second-order valence-electron chi connectivity index (χ2n) is 6.84. The summed E-state index contributed by atoms with van der Waals surface area (Å²) in [5.41, 5.74) is -1.52. The zero-order valence-electron chi connectivity index (χ0n) is 15.7. The van der Waals surface area contributed by atoms with E-state index in [9.17, 15) is 38.1 Å². The molecule has 1 aliphatic heterocycles. The highest BCUT2D eigenvalue weighted by Gasteiger charge is 2.36. The largest absolute Gasteiger partial charge is 0.504 e. The molecule has 1 heterocycles. The summed E-state index contributed by atoms with van der Waals surface area (Å²) in [6, 6.07) is 6.56. The zero-order chi connectivity index (χ0) is 22.1. The predicted molar refractivity (Wildman–Crippen MR) is 99.3 cm³/mol. The van der Waals surface area contributed by atoms with E-state index >= 15 is 0 Å². The number of carbonyl (C=O) groups is 2. The summed E-state index contributed by atoms with van der Waals surface area (Å²) >= 11 is 0. The quantitative estimate of drug-likeness (QED) is 0.644. The topological polar surface area (TPSA) is 101 Å². The van der Waals surface area contributed by atoms with Gasteiger partial charge in [-0.2, -0.15) is 13.2 Å². The van der Waals surface area contributed by atoms with Gasteiger partial charge in [0.1, 0.15) is 0 Å². The standard InChI is InChI=1S/C20H19F3N2O5/c21-20(22,23)14-5-2-1-4-13(14)19(30)25-7-3-6-24(8-9-25)18(29)12-10-15(26)17(28)16(27)11-12/h1-2,4-5,10-11,26-28H,3,6-9H2. The molecule has 2 aromatic carbocycles. The van der Waals surface area contributed by atoms with Gasteiger partial charge in [0.05, 0.1) is 11.1 Å². The van der Waals surface area contributed by atoms with Gasteiger partial charge in [-0.3, -0.25) is 9.59 Å². The number of hydrogen-bond donors (Lipinski definition) is 3. The molecule has 0 aliphatic carbocycles. The summed E-state index contributed by atoms with van der Waals surface area (Å²) in [6.45, 7) is 0.473. The molecule has 160 valence electrons. The van der Waals surface area contributed by atoms with Gasteiger partial charge in [0.25, 0.3) is 11.8 Å². The number of amides is 2. The minimum atomic E-state index is -4.66. The SMILES string of the molecule is O=C(c1cc(O)c(O)c(O)c1)N1CCCN(C(=O)c2ccccc2C(F)(F)F)CC1. The van der Waals surface area contributed by atoms with E-state index in [4.69, 9.17) is 0 Å². The fourth-order valence-electron chi connectivity index (χ4n) is 3.32. The number of phenols is 3. The van der Waals surface area contributed by atoms with E-state index in [0.717, 1.165) is 24.3 Å². The Balaban J connectivity index is 1.76. The van der Waals surface area contributed by atoms with E-state index in [0.29, 0.717) is 6.42 Å². The van der Waals surface area contributed by atoms with Crippen LogP contribution in [0.5, 0.6) is 17.2 Å². The maximum absolute atomic E-state index is 13.2. The van der Waals surface area contributed by atoms with Crippen molar-refractivity contribution in [1.29, 1.82) is 0 Å². The van der Waals surface area contributed by atoms with E-state index < -0.39 is 46.4 Å². The summed E-state index contributed by atoms with van der Waals surface area (Å²) in [5, 5.41) is 28.6. The van der Waals surface area contributed by atoms with Crippen LogP contribution in [0.25, 0.3) is 0 Å². The number of rotatable bonds is 2. The van der Waals surface area contributed by atoms with Gasteiger partial charge < -0.3 is 25.1 Å². The maximum atomic E-state index is 13.2. The first kappa shape index (κ1) is 21.3. The Morgan fingerprint density at radius 3 is 1.93 bits per heavy atom. The van der Waals surface area contributed by atoms with Crippen LogP contribution in [0.4, 0.5) is 13.2 Å². The second kappa shape index (κ2) is 8.13. The lowest BCUT2D eigenvalue weighted by molar-refractivity contribution is -0.138. The lowest BCUT2D eigenvalue weighted by Gasteiger charge is -2.23. The number of benzene rings is 2. The lowest BCUT2D eigenvalue weighted by Crippen LogP contribution is -2.38. The Morgan fingerprint density at radius 2 is 1.37 bits per heavy atom. The van der Waals surface area contributed by atoms with Crippen molar-refractivity contribution in [2.24, 2.45) is 0 Å². The lowest BCUT2D eigenvalue weighted by atomic mass is 10.1. The Labute approximate surface area is 169 Å². The molecule has 30 heavy (non-hydrogen) atoms. The molecule has 10 heteroatoms. The zero-order valence-corrected chi connectivity index (χ0v) is 15.7. The molecular weight excluding hydrogens is 405 g/mol. The van der Waals surface area contributed by atoms with Crippen LogP contribution >= 0.6 is 0 Å². The van der Waals surface area contributed by atoms with Gasteiger partial charge in [-0.15, -0.1) is 0 Å². The van der Waals surface area contributed by atoms with Crippen molar-refractivity contribution < 1.29 is 38.1 Å². The van der Waals surface area contributed by atoms with E-state index in [-0.39, 0.29) is 31.7 Å². The molecule has 0 aromatic heterocycles. The smallest absolute Gasteiger partial charge is 0.417 e. The first-order chi connectivity index (χ1) is 14.1. The molecule has 2 amide bonds. The highest BCUT2D eigenvalue weighted by Crippen LogP contribution is 2.36. The van der Waals surface area contributed by atoms with E-state index in [2.05, 4.69) is 0 Å². The van der Waals surface area contributed by atoms with Gasteiger partial charge >= 0.3 is 6.18 Å². The summed E-state index contributed by atoms with van der Waals surface area (Å²) in [6.07, 6.45) is -4.33. The molecule has 0 spiro atoms. The van der Waals surface area contributed by atoms with Gasteiger partial charge in [-0.05, 0) is 30.7 Å². The third-order valence-corrected chi connectivity index (χ3v) is 4.85. The van der Waals surface area contributed by atoms with Gasteiger partial charge in [0.15, 0.2) is 17.2 Å². The van der Waals surface area contributed by atoms with Crippen LogP contribution in [0, 0.1) is 0 Å². The second-order valence-corrected chi connectivity index (χ2v) is 6.84. The van der Waals surface area contributed by atoms with E-state index in [1.165, 1.54) is 21.9 Å². The van der Waals surface area contributed by atoms with Crippen molar-refractivity contribution in [2.45, 2.75) is 12.6 Å². The molecule has 0 bridgehead atoms. The molecule has 3 rings (SSSR count). The van der Waals surface area contributed by atoms with Crippen LogP contribution in [-0.2, 0) is 6.18 Å². The number of carbonyl (C=O) groups excluding carboxylic acids is 2. The van der Waals surface area contributed by atoms with Crippen LogP contribution in [0.3, 0.4) is 0 Å². The molecule has 1 saturated heterocycles. The summed E-state index contributed by atoms with van der Waals surface area (Å²) in [5.74, 6) is -3.38. The molecule has 0 radical (unpaired) electrons. The fraction of sp³-hybridized carbons (Fsp3) is 0.300. The van der Waals surface area contributed by atoms with E-state index in [1.807, 2.05) is 0 Å². The summed E-state index contributed by atoms with van der Waals surface area (Å²) in [4.78, 5) is 28.0. The molecule has 2 aromatic rings. The van der Waals surface area contributed by atoms with Crippen LogP contribution in [-0.4, -0.2) is 63.1 Å². The first-order valence-corrected chi connectivity index (χ1v) is 9.09. The van der Waals surface area contributed by atoms with Crippen molar-refractivity contribution in [2.75, 3.05) is 26.2 Å². The molecule has 0 atom stereocenters. The van der Waals surface area contributed by atoms with Crippen LogP contribution < -0.4 is 0 Å². The van der Waals surface area contributed by atoms with Gasteiger partial charge in [-0.1, -0.05) is 12.1 Å². The maximum Gasteiger partial charge on any atom is 0.417 e. The average molecular weight is 424 g/mol. The third-order valence-electron chi connectivity index (χ3n) is 4.85. The number of hydrogen-bond acceptors (Lipinski definition) is 5. The number of nitrogens with zero attached hydrogens (tertiary/aromatic N) is 2. The molecule has 3 N–H and O–H groups in total. The third kappa shape index (κ3) is 4.27. The van der Waals surface area contributed by atoms with Crippen LogP contribution in [0.1, 0.15) is 32.7 Å². The highest BCUT2D eigenvalue weighted by molar-refractivity contribution is 5.97. The van der Waals surface area contributed by atoms with Crippen molar-refractivity contribution in [3.05, 3.63) is 53.1 Å². The van der Waals surface area contributed by atoms with Gasteiger partial charge in [-0.25, -0.2) is 0 Å². The molecule has 1 aliphatic rings. The Bertz CT molecular complexity index is 954. The normalized spacial score (nSPS) is 15.0. The Morgan fingerprint density at radius 1 is 0.833 bits per heavy atom. The monoisotopic (exact) mass is 424 g/mol. The number of halogens is 3. The first-order valence-electron chi connectivity index (χ1n) is 9.09. The van der Waals surface area contributed by atoms with Crippen molar-refractivity contribution in [3.63, 3.8) is 0 Å². The molecular formula is C20H19F3N2O5. The number of alkyl halides is 3. The number of phenolic OH excluding ortho intramolecular Hbond substituents is 3. The van der Waals surface area contributed by atoms with Crippen molar-refractivity contribution in [3.8, 4) is 17.2 Å². The summed E-state index contributed by atoms with van der Waals surface area (Å²) < 4.78 is 39.7. The average Bonchev–Trinajstić information content (AvgIpc) is 2.96. The minimum absolute atomic E-state index is 0.0206. The predicted octanol–water partition coefficient (Wildman–Crippen LogP) is 2.81. The minimum Gasteiger partial charge on any atom is -0.504 e. The molecule has 0 unspecified atom stereocenters. The fourth-order valence-corrected chi connectivity index (χ4v) is 3.32. The van der Waals surface area contributed by atoms with Crippen LogP contribution in [0.15, 0.2) is 36.4 Å². The molecule has 0 saturated carbocycles. The van der Waals surface area contributed by atoms with Gasteiger partial charge in [0, 0.05) is 31.7 Å². The van der Waals surface area contributed by atoms with Gasteiger partial charge in [0.2, 0.25) is 0 Å².